The molecule has 1 atom stereocenters. The molecule has 8 nitrogen and oxygen atoms in total. The van der Waals surface area contributed by atoms with Crippen molar-refractivity contribution in [2.45, 2.75) is 59.0 Å². The number of hydrogen-bond acceptors (Lipinski definition) is 5. The fourth-order valence-corrected chi connectivity index (χ4v) is 3.01. The summed E-state index contributed by atoms with van der Waals surface area (Å²) in [5, 5.41) is 9.56. The first kappa shape index (κ1) is 28.3. The topological polar surface area (TPSA) is 87.2 Å². The van der Waals surface area contributed by atoms with Gasteiger partial charge in [-0.2, -0.15) is 0 Å². The van der Waals surface area contributed by atoms with Gasteiger partial charge in [-0.15, -0.1) is 24.0 Å². The molecule has 1 aliphatic heterocycles. The molecule has 1 aliphatic rings. The molecule has 0 aromatic heterocycles. The number of aliphatic imine (C=N–C) groups is 1. The number of anilines is 1. The van der Waals surface area contributed by atoms with Gasteiger partial charge in [0.15, 0.2) is 17.5 Å². The molecule has 1 heterocycles. The number of nitrogens with zero attached hydrogens (tertiary/aromatic N) is 2. The molecule has 1 unspecified atom stereocenters. The summed E-state index contributed by atoms with van der Waals surface area (Å²) in [5.41, 5.74) is 0.531. The van der Waals surface area contributed by atoms with Gasteiger partial charge >= 0.3 is 0 Å². The molecule has 0 bridgehead atoms. The Morgan fingerprint density at radius 3 is 2.56 bits per heavy atom. The number of likely N-dealkylation sites (N-methyl/N-ethyl adjacent to an activating group) is 1. The highest BCUT2D eigenvalue weighted by atomic mass is 127. The molecule has 1 aromatic rings. The van der Waals surface area contributed by atoms with Gasteiger partial charge in [0.25, 0.3) is 0 Å². The zero-order chi connectivity index (χ0) is 22.9. The lowest BCUT2D eigenvalue weighted by Crippen LogP contribution is -2.43. The molecule has 3 N–H and O–H groups in total. The molecule has 182 valence electrons. The van der Waals surface area contributed by atoms with Crippen molar-refractivity contribution in [1.82, 2.24) is 15.5 Å². The predicted molar refractivity (Wildman–Crippen MR) is 142 cm³/mol. The highest BCUT2D eigenvalue weighted by Crippen LogP contribution is 2.32. The van der Waals surface area contributed by atoms with Gasteiger partial charge < -0.3 is 30.3 Å². The molecule has 32 heavy (non-hydrogen) atoms. The summed E-state index contributed by atoms with van der Waals surface area (Å²) >= 11 is 0. The Kier molecular flexibility index (Phi) is 12.1. The Morgan fingerprint density at radius 2 is 1.91 bits per heavy atom. The van der Waals surface area contributed by atoms with Crippen molar-refractivity contribution < 1.29 is 14.3 Å². The summed E-state index contributed by atoms with van der Waals surface area (Å²) in [6.45, 7) is 13.1. The van der Waals surface area contributed by atoms with Crippen LogP contribution in [0.25, 0.3) is 0 Å². The minimum atomic E-state index is -0.291. The normalized spacial score (nSPS) is 14.8. The Bertz CT molecular complexity index is 752. The number of halogens is 1. The molecule has 0 saturated carbocycles. The van der Waals surface area contributed by atoms with Crippen molar-refractivity contribution >= 4 is 41.5 Å². The van der Waals surface area contributed by atoms with Gasteiger partial charge in [-0.3, -0.25) is 4.79 Å². The van der Waals surface area contributed by atoms with Crippen LogP contribution in [-0.2, 0) is 4.79 Å². The Labute approximate surface area is 209 Å². The number of amides is 1. The van der Waals surface area contributed by atoms with Crippen LogP contribution in [0.3, 0.4) is 0 Å². The molecule has 2 rings (SSSR count). The average molecular weight is 562 g/mol. The SMILES string of the molecule is CCC(C)N(C)CCNC(=NCC(=O)NC(C)(C)C)Nc1ccc2c(c1)OCCCO2.I. The quantitative estimate of drug-likeness (QED) is 0.256. The van der Waals surface area contributed by atoms with Crippen LogP contribution in [0.15, 0.2) is 23.2 Å². The van der Waals surface area contributed by atoms with Crippen molar-refractivity contribution in [3.05, 3.63) is 18.2 Å². The minimum absolute atomic E-state index is 0. The predicted octanol–water partition coefficient (Wildman–Crippen LogP) is 3.47. The molecule has 0 fully saturated rings. The molecule has 0 saturated heterocycles. The summed E-state index contributed by atoms with van der Waals surface area (Å²) in [6.07, 6.45) is 1.96. The van der Waals surface area contributed by atoms with E-state index in [1.807, 2.05) is 39.0 Å². The molecule has 0 aliphatic carbocycles. The third-order valence-electron chi connectivity index (χ3n) is 5.01. The average Bonchev–Trinajstić information content (AvgIpc) is 2.94. The summed E-state index contributed by atoms with van der Waals surface area (Å²) in [5.74, 6) is 1.89. The van der Waals surface area contributed by atoms with Crippen molar-refractivity contribution in [3.8, 4) is 11.5 Å². The minimum Gasteiger partial charge on any atom is -0.490 e. The molecule has 0 radical (unpaired) electrons. The summed E-state index contributed by atoms with van der Waals surface area (Å²) in [7, 11) is 2.11. The number of rotatable bonds is 8. The lowest BCUT2D eigenvalue weighted by atomic mass is 10.1. The van der Waals surface area contributed by atoms with Gasteiger partial charge in [-0.25, -0.2) is 4.99 Å². The molecule has 9 heteroatoms. The number of ether oxygens (including phenoxy) is 2. The Morgan fingerprint density at radius 1 is 1.22 bits per heavy atom. The van der Waals surface area contributed by atoms with Crippen LogP contribution >= 0.6 is 24.0 Å². The van der Waals surface area contributed by atoms with Crippen LogP contribution < -0.4 is 25.4 Å². The van der Waals surface area contributed by atoms with E-state index in [2.05, 4.69) is 46.7 Å². The zero-order valence-corrected chi connectivity index (χ0v) is 22.6. The number of carbonyl (C=O) groups is 1. The van der Waals surface area contributed by atoms with E-state index >= 15 is 0 Å². The van der Waals surface area contributed by atoms with E-state index in [9.17, 15) is 4.79 Å². The number of benzene rings is 1. The Balaban J connectivity index is 0.00000512. The highest BCUT2D eigenvalue weighted by Gasteiger charge is 2.15. The number of guanidine groups is 1. The lowest BCUT2D eigenvalue weighted by molar-refractivity contribution is -0.121. The van der Waals surface area contributed by atoms with Gasteiger partial charge in [0.1, 0.15) is 6.54 Å². The van der Waals surface area contributed by atoms with Gasteiger partial charge in [0.05, 0.1) is 13.2 Å². The molecule has 1 amide bonds. The summed E-state index contributed by atoms with van der Waals surface area (Å²) < 4.78 is 11.5. The summed E-state index contributed by atoms with van der Waals surface area (Å²) in [4.78, 5) is 19.0. The fraction of sp³-hybridized carbons (Fsp3) is 0.652. The van der Waals surface area contributed by atoms with E-state index in [4.69, 9.17) is 9.47 Å². The van der Waals surface area contributed by atoms with Gasteiger partial charge in [-0.1, -0.05) is 6.92 Å². The van der Waals surface area contributed by atoms with Gasteiger partial charge in [-0.05, 0) is 53.3 Å². The second kappa shape index (κ2) is 13.7. The fourth-order valence-electron chi connectivity index (χ4n) is 3.01. The van der Waals surface area contributed by atoms with E-state index in [0.29, 0.717) is 37.5 Å². The maximum absolute atomic E-state index is 12.2. The van der Waals surface area contributed by atoms with Crippen LogP contribution in [0.1, 0.15) is 47.5 Å². The third-order valence-corrected chi connectivity index (χ3v) is 5.01. The first-order chi connectivity index (χ1) is 14.7. The molecule has 1 aromatic carbocycles. The van der Waals surface area contributed by atoms with Crippen LogP contribution in [0.4, 0.5) is 5.69 Å². The van der Waals surface area contributed by atoms with Gasteiger partial charge in [0.2, 0.25) is 5.91 Å². The number of fused-ring (bicyclic) bond motifs is 1. The van der Waals surface area contributed by atoms with Crippen molar-refractivity contribution in [2.75, 3.05) is 45.2 Å². The van der Waals surface area contributed by atoms with Crippen molar-refractivity contribution in [2.24, 2.45) is 4.99 Å². The number of hydrogen-bond donors (Lipinski definition) is 3. The number of carbonyl (C=O) groups excluding carboxylic acids is 1. The van der Waals surface area contributed by atoms with E-state index in [-0.39, 0.29) is 42.0 Å². The molecular formula is C23H40IN5O3. The second-order valence-corrected chi connectivity index (χ2v) is 8.96. The van der Waals surface area contributed by atoms with E-state index in [0.717, 1.165) is 30.8 Å². The molecule has 0 spiro atoms. The maximum atomic E-state index is 12.2. The van der Waals surface area contributed by atoms with Crippen molar-refractivity contribution in [1.29, 1.82) is 0 Å². The summed E-state index contributed by atoms with van der Waals surface area (Å²) in [6, 6.07) is 6.22. The van der Waals surface area contributed by atoms with Crippen LogP contribution in [0.2, 0.25) is 0 Å². The van der Waals surface area contributed by atoms with E-state index in [1.165, 1.54) is 0 Å². The standard InChI is InChI=1S/C23H39N5O3.HI/c1-7-17(2)28(6)12-11-24-22(25-16-21(29)27-23(3,4)5)26-18-9-10-19-20(15-18)31-14-8-13-30-19;/h9-10,15,17H,7-8,11-14,16H2,1-6H3,(H,27,29)(H2,24,25,26);1H. The van der Waals surface area contributed by atoms with Crippen LogP contribution in [-0.4, -0.2) is 68.2 Å². The Hall–Kier alpha value is -1.75. The first-order valence-corrected chi connectivity index (χ1v) is 11.1. The smallest absolute Gasteiger partial charge is 0.242 e. The third kappa shape index (κ3) is 10.2. The number of nitrogens with one attached hydrogen (secondary N) is 3. The first-order valence-electron chi connectivity index (χ1n) is 11.1. The van der Waals surface area contributed by atoms with Crippen molar-refractivity contribution in [3.63, 3.8) is 0 Å². The van der Waals surface area contributed by atoms with E-state index in [1.54, 1.807) is 0 Å². The largest absolute Gasteiger partial charge is 0.490 e. The van der Waals surface area contributed by atoms with Crippen LogP contribution in [0.5, 0.6) is 11.5 Å². The van der Waals surface area contributed by atoms with Gasteiger partial charge in [0, 0.05) is 42.8 Å². The highest BCUT2D eigenvalue weighted by molar-refractivity contribution is 14.0. The molecular weight excluding hydrogens is 521 g/mol. The second-order valence-electron chi connectivity index (χ2n) is 8.96. The van der Waals surface area contributed by atoms with Crippen LogP contribution in [0, 0.1) is 0 Å². The maximum Gasteiger partial charge on any atom is 0.242 e. The van der Waals surface area contributed by atoms with E-state index < -0.39 is 0 Å². The lowest BCUT2D eigenvalue weighted by Gasteiger charge is -2.24. The zero-order valence-electron chi connectivity index (χ0n) is 20.3. The monoisotopic (exact) mass is 561 g/mol.